The Morgan fingerprint density at radius 2 is 1.95 bits per heavy atom. The molecule has 0 radical (unpaired) electrons. The first-order valence-corrected chi connectivity index (χ1v) is 5.63. The zero-order valence-corrected chi connectivity index (χ0v) is 11.2. The standard InChI is InChI=1S/C12H21F3N2O2/c1-9(12(13,14)15)19-10(18)16-5-7-17(8-6-16)11(2,3)4/h9H,5-8H2,1-4H3/i5D,7D2,8D,9D. The van der Waals surface area contributed by atoms with Gasteiger partial charge in [0.15, 0.2) is 6.08 Å². The number of nitrogens with zero attached hydrogens (tertiary/aromatic N) is 2. The van der Waals surface area contributed by atoms with Crippen molar-refractivity contribution in [3.63, 3.8) is 0 Å². The maximum atomic E-state index is 12.7. The maximum Gasteiger partial charge on any atom is 0.425 e. The molecule has 112 valence electrons. The molecule has 1 aliphatic heterocycles. The van der Waals surface area contributed by atoms with E-state index in [1.54, 1.807) is 20.8 Å². The lowest BCUT2D eigenvalue weighted by atomic mass is 10.1. The summed E-state index contributed by atoms with van der Waals surface area (Å²) in [5, 5.41) is 0. The number of rotatable bonds is 1. The Balaban J connectivity index is 3.07. The highest BCUT2D eigenvalue weighted by molar-refractivity contribution is 5.68. The van der Waals surface area contributed by atoms with Crippen molar-refractivity contribution in [3.8, 4) is 0 Å². The van der Waals surface area contributed by atoms with E-state index in [-0.39, 0.29) is 0 Å². The Labute approximate surface area is 118 Å². The SMILES string of the molecule is [2H]C1CN(C(=O)OC([2H])(C)C(F)(F)F)C([2H])C([2H])([2H])N1C(C)(C)C. The molecule has 1 rings (SSSR count). The first kappa shape index (κ1) is 9.85. The summed E-state index contributed by atoms with van der Waals surface area (Å²) in [5.74, 6) is 0. The van der Waals surface area contributed by atoms with E-state index in [4.69, 9.17) is 6.85 Å². The average molecular weight is 287 g/mol. The fourth-order valence-corrected chi connectivity index (χ4v) is 1.25. The minimum absolute atomic E-state index is 0.335. The van der Waals surface area contributed by atoms with Crippen molar-refractivity contribution in [2.24, 2.45) is 0 Å². The summed E-state index contributed by atoms with van der Waals surface area (Å²) >= 11 is 0. The second kappa shape index (κ2) is 5.56. The summed E-state index contributed by atoms with van der Waals surface area (Å²) in [6.45, 7) is -1.02. The van der Waals surface area contributed by atoms with E-state index in [1.165, 1.54) is 0 Å². The summed E-state index contributed by atoms with van der Waals surface area (Å²) in [6.07, 6.45) is -10.3. The van der Waals surface area contributed by atoms with Crippen molar-refractivity contribution >= 4 is 6.09 Å². The van der Waals surface area contributed by atoms with Gasteiger partial charge < -0.3 is 9.64 Å². The molecular formula is C12H21F3N2O2. The van der Waals surface area contributed by atoms with Crippen molar-refractivity contribution < 1.29 is 29.6 Å². The van der Waals surface area contributed by atoms with Crippen molar-refractivity contribution in [1.82, 2.24) is 9.80 Å². The van der Waals surface area contributed by atoms with Gasteiger partial charge in [-0.05, 0) is 27.7 Å². The Morgan fingerprint density at radius 1 is 1.37 bits per heavy atom. The van der Waals surface area contributed by atoms with E-state index in [0.29, 0.717) is 11.8 Å². The number of hydrogen-bond acceptors (Lipinski definition) is 3. The molecule has 1 saturated heterocycles. The van der Waals surface area contributed by atoms with E-state index in [0.717, 1.165) is 4.90 Å². The highest BCUT2D eigenvalue weighted by Gasteiger charge is 2.40. The molecule has 0 aromatic heterocycles. The Bertz CT molecular complexity index is 496. The van der Waals surface area contributed by atoms with E-state index in [2.05, 4.69) is 4.74 Å². The van der Waals surface area contributed by atoms with Gasteiger partial charge in [-0.2, -0.15) is 13.2 Å². The third kappa shape index (κ3) is 4.56. The quantitative estimate of drug-likeness (QED) is 0.743. The molecule has 3 atom stereocenters. The van der Waals surface area contributed by atoms with Crippen molar-refractivity contribution in [1.29, 1.82) is 0 Å². The summed E-state index contributed by atoms with van der Waals surface area (Å²) in [4.78, 5) is 13.4. The van der Waals surface area contributed by atoms with Gasteiger partial charge in [0.2, 0.25) is 0 Å². The monoisotopic (exact) mass is 287 g/mol. The Kier molecular flexibility index (Phi) is 2.88. The van der Waals surface area contributed by atoms with Crippen LogP contribution < -0.4 is 0 Å². The molecule has 0 aromatic carbocycles. The van der Waals surface area contributed by atoms with Gasteiger partial charge in [0, 0.05) is 35.7 Å². The largest absolute Gasteiger partial charge is 0.437 e. The highest BCUT2D eigenvalue weighted by atomic mass is 19.4. The number of carbonyl (C=O) groups is 1. The Hall–Kier alpha value is -0.980. The first-order valence-electron chi connectivity index (χ1n) is 8.28. The number of carbonyl (C=O) groups excluding carboxylic acids is 1. The number of halogens is 3. The average Bonchev–Trinajstić information content (AvgIpc) is 2.29. The van der Waals surface area contributed by atoms with Crippen LogP contribution in [0.4, 0.5) is 18.0 Å². The van der Waals surface area contributed by atoms with Crippen LogP contribution in [0.2, 0.25) is 0 Å². The molecule has 0 N–H and O–H groups in total. The molecule has 4 nitrogen and oxygen atoms in total. The van der Waals surface area contributed by atoms with Crippen LogP contribution in [0.15, 0.2) is 0 Å². The zero-order valence-electron chi connectivity index (χ0n) is 16.2. The molecule has 1 aliphatic rings. The van der Waals surface area contributed by atoms with Crippen molar-refractivity contribution in [2.75, 3.05) is 26.1 Å². The highest BCUT2D eigenvalue weighted by Crippen LogP contribution is 2.23. The molecule has 0 bridgehead atoms. The van der Waals surface area contributed by atoms with Crippen LogP contribution in [0.25, 0.3) is 0 Å². The van der Waals surface area contributed by atoms with Crippen molar-refractivity contribution in [3.05, 3.63) is 0 Å². The summed E-state index contributed by atoms with van der Waals surface area (Å²) in [5.41, 5.74) is -0.846. The molecule has 1 amide bonds. The second-order valence-electron chi connectivity index (χ2n) is 5.06. The third-order valence-corrected chi connectivity index (χ3v) is 2.41. The fraction of sp³-hybridized carbons (Fsp3) is 0.917. The molecule has 19 heavy (non-hydrogen) atoms. The lowest BCUT2D eigenvalue weighted by Crippen LogP contribution is -2.55. The van der Waals surface area contributed by atoms with Gasteiger partial charge in [-0.15, -0.1) is 0 Å². The van der Waals surface area contributed by atoms with Crippen LogP contribution in [0.1, 0.15) is 34.5 Å². The van der Waals surface area contributed by atoms with E-state index >= 15 is 0 Å². The summed E-state index contributed by atoms with van der Waals surface area (Å²) < 4.78 is 81.1. The molecule has 0 spiro atoms. The van der Waals surface area contributed by atoms with E-state index < -0.39 is 50.0 Å². The molecule has 1 fully saturated rings. The second-order valence-corrected chi connectivity index (χ2v) is 5.06. The molecule has 0 saturated carbocycles. The van der Waals surface area contributed by atoms with Crippen LogP contribution in [-0.4, -0.2) is 59.8 Å². The van der Waals surface area contributed by atoms with Gasteiger partial charge in [-0.3, -0.25) is 4.90 Å². The van der Waals surface area contributed by atoms with E-state index in [9.17, 15) is 18.0 Å². The van der Waals surface area contributed by atoms with Crippen LogP contribution in [-0.2, 0) is 4.74 Å². The predicted octanol–water partition coefficient (Wildman–Crippen LogP) is 2.49. The summed E-state index contributed by atoms with van der Waals surface area (Å²) in [7, 11) is 0. The number of piperazine rings is 1. The lowest BCUT2D eigenvalue weighted by molar-refractivity contribution is -0.200. The number of amides is 1. The zero-order chi connectivity index (χ0) is 19.3. The predicted molar refractivity (Wildman–Crippen MR) is 64.9 cm³/mol. The molecule has 0 aromatic rings. The van der Waals surface area contributed by atoms with Gasteiger partial charge in [0.1, 0.15) is 0 Å². The van der Waals surface area contributed by atoms with Gasteiger partial charge in [0.05, 0.1) is 2.74 Å². The smallest absolute Gasteiger partial charge is 0.425 e. The van der Waals surface area contributed by atoms with Gasteiger partial charge in [0.25, 0.3) is 0 Å². The normalized spacial score (nSPS) is 36.2. The van der Waals surface area contributed by atoms with Crippen LogP contribution >= 0.6 is 0 Å². The number of alkyl halides is 3. The molecule has 7 heteroatoms. The molecular weight excluding hydrogens is 261 g/mol. The molecule has 3 unspecified atom stereocenters. The summed E-state index contributed by atoms with van der Waals surface area (Å²) in [6, 6.07) is 0. The fourth-order valence-electron chi connectivity index (χ4n) is 1.25. The van der Waals surface area contributed by atoms with Crippen LogP contribution in [0.3, 0.4) is 0 Å². The maximum absolute atomic E-state index is 12.7. The van der Waals surface area contributed by atoms with Gasteiger partial charge >= 0.3 is 12.3 Å². The van der Waals surface area contributed by atoms with Crippen molar-refractivity contribution in [2.45, 2.75) is 45.5 Å². The first-order chi connectivity index (χ1) is 10.4. The number of ether oxygens (including phenoxy) is 1. The topological polar surface area (TPSA) is 32.8 Å². The minimum Gasteiger partial charge on any atom is -0.437 e. The minimum atomic E-state index is -5.15. The van der Waals surface area contributed by atoms with Gasteiger partial charge in [-0.1, -0.05) is 0 Å². The number of hydrogen-bond donors (Lipinski definition) is 0. The lowest BCUT2D eigenvalue weighted by Gasteiger charge is -2.42. The van der Waals surface area contributed by atoms with Gasteiger partial charge in [-0.25, -0.2) is 4.79 Å². The molecule has 1 heterocycles. The molecule has 0 aliphatic carbocycles. The van der Waals surface area contributed by atoms with E-state index in [1.807, 2.05) is 0 Å². The Morgan fingerprint density at radius 3 is 2.42 bits per heavy atom. The van der Waals surface area contributed by atoms with Crippen LogP contribution in [0.5, 0.6) is 0 Å². The third-order valence-electron chi connectivity index (χ3n) is 2.41. The van der Waals surface area contributed by atoms with Crippen LogP contribution in [0, 0.1) is 0 Å².